The zero-order valence-corrected chi connectivity index (χ0v) is 19.5. The first-order valence-corrected chi connectivity index (χ1v) is 11.7. The van der Waals surface area contributed by atoms with Gasteiger partial charge in [0.15, 0.2) is 6.10 Å². The number of hydrogen-bond acceptors (Lipinski definition) is 5. The highest BCUT2D eigenvalue weighted by molar-refractivity contribution is 5.72. The lowest BCUT2D eigenvalue weighted by Crippen LogP contribution is -2.40. The monoisotopic (exact) mass is 473 g/mol. The van der Waals surface area contributed by atoms with Gasteiger partial charge in [-0.1, -0.05) is 30.7 Å². The molecule has 2 aromatic rings. The molecule has 1 amide bonds. The molecular weight excluding hydrogens is 441 g/mol. The molecule has 3 rings (SSSR count). The summed E-state index contributed by atoms with van der Waals surface area (Å²) in [6, 6.07) is 13.1. The third-order valence-electron chi connectivity index (χ3n) is 5.85. The van der Waals surface area contributed by atoms with Crippen molar-refractivity contribution >= 4 is 12.1 Å². The standard InChI is InChI=1S/C26H32FNO6/c1-2-32-24(25(29)30)16-19-8-12-23(13-9-19)33-15-14-28(17-20-4-3-5-20)26(31)34-18-21-6-10-22(27)11-7-21/h6-13,20,24H,2-5,14-18H2,1H3,(H,29,30). The molecule has 2 aromatic carbocycles. The Hall–Kier alpha value is -3.13. The molecule has 7 nitrogen and oxygen atoms in total. The molecule has 0 heterocycles. The van der Waals surface area contributed by atoms with E-state index in [0.717, 1.165) is 24.0 Å². The van der Waals surface area contributed by atoms with Crippen LogP contribution in [-0.4, -0.2) is 54.5 Å². The van der Waals surface area contributed by atoms with Crippen molar-refractivity contribution < 1.29 is 33.3 Å². The van der Waals surface area contributed by atoms with Crippen molar-refractivity contribution in [1.82, 2.24) is 4.90 Å². The van der Waals surface area contributed by atoms with Crippen LogP contribution in [0.15, 0.2) is 48.5 Å². The Labute approximate surface area is 199 Å². The molecule has 0 spiro atoms. The van der Waals surface area contributed by atoms with Gasteiger partial charge >= 0.3 is 12.1 Å². The number of carbonyl (C=O) groups is 2. The van der Waals surface area contributed by atoms with E-state index in [2.05, 4.69) is 0 Å². The largest absolute Gasteiger partial charge is 0.492 e. The summed E-state index contributed by atoms with van der Waals surface area (Å²) in [5, 5.41) is 9.22. The number of rotatable bonds is 13. The summed E-state index contributed by atoms with van der Waals surface area (Å²) in [7, 11) is 0. The van der Waals surface area contributed by atoms with Crippen LogP contribution in [0.3, 0.4) is 0 Å². The van der Waals surface area contributed by atoms with Crippen LogP contribution in [0.1, 0.15) is 37.3 Å². The van der Waals surface area contributed by atoms with E-state index in [1.807, 2.05) is 12.1 Å². The van der Waals surface area contributed by atoms with Crippen molar-refractivity contribution in [2.24, 2.45) is 5.92 Å². The van der Waals surface area contributed by atoms with Crippen LogP contribution in [0.4, 0.5) is 9.18 Å². The van der Waals surface area contributed by atoms with E-state index in [1.165, 1.54) is 18.6 Å². The van der Waals surface area contributed by atoms with Gasteiger partial charge in [-0.05, 0) is 61.1 Å². The van der Waals surface area contributed by atoms with Gasteiger partial charge in [-0.2, -0.15) is 0 Å². The first kappa shape index (κ1) is 25.5. The predicted octanol–water partition coefficient (Wildman–Crippen LogP) is 4.68. The second-order valence-corrected chi connectivity index (χ2v) is 8.40. The normalized spacial score (nSPS) is 14.2. The molecule has 1 atom stereocenters. The molecule has 1 aliphatic rings. The van der Waals surface area contributed by atoms with E-state index in [9.17, 15) is 19.1 Å². The zero-order valence-electron chi connectivity index (χ0n) is 19.5. The van der Waals surface area contributed by atoms with E-state index >= 15 is 0 Å². The van der Waals surface area contributed by atoms with Gasteiger partial charge in [0.1, 0.15) is 24.8 Å². The number of carbonyl (C=O) groups excluding carboxylic acids is 1. The summed E-state index contributed by atoms with van der Waals surface area (Å²) < 4.78 is 29.6. The molecule has 0 radical (unpaired) electrons. The fourth-order valence-corrected chi connectivity index (χ4v) is 3.69. The molecule has 0 aromatic heterocycles. The number of nitrogens with zero attached hydrogens (tertiary/aromatic N) is 1. The quantitative estimate of drug-likeness (QED) is 0.455. The lowest BCUT2D eigenvalue weighted by molar-refractivity contribution is -0.149. The van der Waals surface area contributed by atoms with E-state index in [0.29, 0.717) is 38.0 Å². The van der Waals surface area contributed by atoms with Gasteiger partial charge in [0.05, 0.1) is 6.54 Å². The number of benzene rings is 2. The summed E-state index contributed by atoms with van der Waals surface area (Å²) in [4.78, 5) is 25.6. The summed E-state index contributed by atoms with van der Waals surface area (Å²) in [6.45, 7) is 3.49. The van der Waals surface area contributed by atoms with Crippen molar-refractivity contribution in [3.8, 4) is 5.75 Å². The van der Waals surface area contributed by atoms with Crippen molar-refractivity contribution in [2.75, 3.05) is 26.3 Å². The average molecular weight is 474 g/mol. The molecule has 8 heteroatoms. The van der Waals surface area contributed by atoms with Crippen molar-refractivity contribution in [3.05, 3.63) is 65.5 Å². The Morgan fingerprint density at radius 3 is 2.35 bits per heavy atom. The van der Waals surface area contributed by atoms with Gasteiger partial charge in [0.2, 0.25) is 0 Å². The molecule has 1 aliphatic carbocycles. The minimum atomic E-state index is -0.986. The Kier molecular flexibility index (Phi) is 9.70. The van der Waals surface area contributed by atoms with Crippen LogP contribution in [0, 0.1) is 11.7 Å². The van der Waals surface area contributed by atoms with Crippen molar-refractivity contribution in [2.45, 2.75) is 45.3 Å². The predicted molar refractivity (Wildman–Crippen MR) is 124 cm³/mol. The number of amides is 1. The Balaban J connectivity index is 1.48. The smallest absolute Gasteiger partial charge is 0.410 e. The summed E-state index contributed by atoms with van der Waals surface area (Å²) in [6.07, 6.45) is 2.37. The minimum absolute atomic E-state index is 0.0850. The Morgan fingerprint density at radius 1 is 1.09 bits per heavy atom. The highest BCUT2D eigenvalue weighted by atomic mass is 19.1. The number of carboxylic acids is 1. The van der Waals surface area contributed by atoms with Gasteiger partial charge < -0.3 is 24.2 Å². The van der Waals surface area contributed by atoms with Gasteiger partial charge in [-0.25, -0.2) is 14.0 Å². The Morgan fingerprint density at radius 2 is 1.76 bits per heavy atom. The van der Waals surface area contributed by atoms with Crippen LogP contribution in [0.2, 0.25) is 0 Å². The average Bonchev–Trinajstić information content (AvgIpc) is 2.80. The molecule has 0 bridgehead atoms. The Bertz CT molecular complexity index is 914. The number of carboxylic acid groups (broad SMARTS) is 1. The fourth-order valence-electron chi connectivity index (χ4n) is 3.69. The summed E-state index contributed by atoms with van der Waals surface area (Å²) in [5.74, 6) is -0.205. The van der Waals surface area contributed by atoms with Crippen LogP contribution < -0.4 is 4.74 Å². The lowest BCUT2D eigenvalue weighted by atomic mass is 9.85. The molecule has 1 unspecified atom stereocenters. The maximum Gasteiger partial charge on any atom is 0.410 e. The SMILES string of the molecule is CCOC(Cc1ccc(OCCN(CC2CCC2)C(=O)OCc2ccc(F)cc2)cc1)C(=O)O. The second-order valence-electron chi connectivity index (χ2n) is 8.40. The molecule has 1 saturated carbocycles. The molecular formula is C26H32FNO6. The second kappa shape index (κ2) is 12.9. The third kappa shape index (κ3) is 8.02. The van der Waals surface area contributed by atoms with E-state index < -0.39 is 18.2 Å². The third-order valence-corrected chi connectivity index (χ3v) is 5.85. The fraction of sp³-hybridized carbons (Fsp3) is 0.462. The van der Waals surface area contributed by atoms with Crippen LogP contribution in [0.25, 0.3) is 0 Å². The molecule has 34 heavy (non-hydrogen) atoms. The summed E-state index contributed by atoms with van der Waals surface area (Å²) >= 11 is 0. The molecule has 0 saturated heterocycles. The maximum absolute atomic E-state index is 13.1. The van der Waals surface area contributed by atoms with E-state index in [-0.39, 0.29) is 18.8 Å². The molecule has 1 fully saturated rings. The zero-order chi connectivity index (χ0) is 24.3. The number of hydrogen-bond donors (Lipinski definition) is 1. The van der Waals surface area contributed by atoms with Gasteiger partial charge in [0.25, 0.3) is 0 Å². The first-order valence-electron chi connectivity index (χ1n) is 11.7. The summed E-state index contributed by atoms with van der Waals surface area (Å²) in [5.41, 5.74) is 1.56. The molecule has 1 N–H and O–H groups in total. The van der Waals surface area contributed by atoms with Crippen molar-refractivity contribution in [3.63, 3.8) is 0 Å². The molecule has 0 aliphatic heterocycles. The van der Waals surface area contributed by atoms with Gasteiger partial charge in [0, 0.05) is 19.6 Å². The topological polar surface area (TPSA) is 85.3 Å². The number of aliphatic carboxylic acids is 1. The van der Waals surface area contributed by atoms with Crippen molar-refractivity contribution in [1.29, 1.82) is 0 Å². The molecule has 184 valence electrons. The number of halogens is 1. The van der Waals surface area contributed by atoms with E-state index in [1.54, 1.807) is 36.1 Å². The minimum Gasteiger partial charge on any atom is -0.492 e. The number of ether oxygens (including phenoxy) is 3. The maximum atomic E-state index is 13.1. The van der Waals surface area contributed by atoms with E-state index in [4.69, 9.17) is 14.2 Å². The van der Waals surface area contributed by atoms with Gasteiger partial charge in [-0.15, -0.1) is 0 Å². The van der Waals surface area contributed by atoms with Crippen LogP contribution >= 0.6 is 0 Å². The van der Waals surface area contributed by atoms with Crippen LogP contribution in [0.5, 0.6) is 5.75 Å². The highest BCUT2D eigenvalue weighted by Gasteiger charge is 2.24. The highest BCUT2D eigenvalue weighted by Crippen LogP contribution is 2.27. The first-order chi connectivity index (χ1) is 16.4. The van der Waals surface area contributed by atoms with Crippen LogP contribution in [-0.2, 0) is 27.3 Å². The lowest BCUT2D eigenvalue weighted by Gasteiger charge is -2.31. The van der Waals surface area contributed by atoms with Gasteiger partial charge in [-0.3, -0.25) is 0 Å².